The molecule has 0 atom stereocenters. The summed E-state index contributed by atoms with van der Waals surface area (Å²) in [7, 11) is 0. The third-order valence-electron chi connectivity index (χ3n) is 6.61. The van der Waals surface area contributed by atoms with E-state index in [0.29, 0.717) is 5.82 Å². The molecule has 0 saturated carbocycles. The topological polar surface area (TPSA) is 51.6 Å². The zero-order chi connectivity index (χ0) is 23.9. The Balaban J connectivity index is 1.43. The fourth-order valence-electron chi connectivity index (χ4n) is 4.74. The van der Waals surface area contributed by atoms with Crippen LogP contribution in [-0.4, -0.2) is 20.2 Å². The molecule has 2 heterocycles. The minimum Gasteiger partial charge on any atom is -0.228 e. The molecule has 7 rings (SSSR count). The van der Waals surface area contributed by atoms with Crippen molar-refractivity contribution in [3.8, 4) is 33.9 Å². The maximum absolute atomic E-state index is 4.95. The Morgan fingerprint density at radius 3 is 1.61 bits per heavy atom. The molecule has 2 aromatic heterocycles. The Hall–Kier alpha value is -4.96. The van der Waals surface area contributed by atoms with Crippen LogP contribution < -0.4 is 0 Å². The monoisotopic (exact) mass is 460 g/mol. The van der Waals surface area contributed by atoms with Crippen molar-refractivity contribution in [2.45, 2.75) is 0 Å². The molecule has 0 fully saturated rings. The maximum Gasteiger partial charge on any atom is 0.162 e. The number of nitrogens with zero attached hydrogens (tertiary/aromatic N) is 4. The van der Waals surface area contributed by atoms with E-state index in [2.05, 4.69) is 113 Å². The van der Waals surface area contributed by atoms with Crippen molar-refractivity contribution < 1.29 is 0 Å². The Kier molecular flexibility index (Phi) is 4.74. The molecular weight excluding hydrogens is 440 g/mol. The Labute approximate surface area is 207 Å². The molecule has 0 unspecified atom stereocenters. The quantitative estimate of drug-likeness (QED) is 0.253. The van der Waals surface area contributed by atoms with Crippen LogP contribution >= 0.6 is 0 Å². The molecule has 5 aromatic carbocycles. The third kappa shape index (κ3) is 3.65. The van der Waals surface area contributed by atoms with Gasteiger partial charge in [0.1, 0.15) is 0 Å². The van der Waals surface area contributed by atoms with E-state index in [0.717, 1.165) is 28.1 Å². The second-order valence-corrected chi connectivity index (χ2v) is 8.92. The summed E-state index contributed by atoms with van der Waals surface area (Å²) in [6.07, 6.45) is 3.37. The van der Waals surface area contributed by atoms with Crippen molar-refractivity contribution in [3.05, 3.63) is 122 Å². The smallest absolute Gasteiger partial charge is 0.162 e. The van der Waals surface area contributed by atoms with Crippen LogP contribution in [-0.2, 0) is 0 Å². The summed E-state index contributed by atoms with van der Waals surface area (Å²) in [6.45, 7) is 0. The van der Waals surface area contributed by atoms with E-state index in [1.165, 1.54) is 32.3 Å². The highest BCUT2D eigenvalue weighted by Gasteiger charge is 2.12. The van der Waals surface area contributed by atoms with Gasteiger partial charge < -0.3 is 0 Å². The standard InChI is InChI=1S/C32H20N4/c1-2-6-22-16-26(11-9-21(22)5-1)30-19-31(36-32(35-30)28-13-14-33-34-20-28)27-12-10-25-15-23-7-3-4-8-24(23)17-29(25)18-27/h1-20H. The molecule has 0 amide bonds. The van der Waals surface area contributed by atoms with E-state index in [1.807, 2.05) is 6.07 Å². The molecule has 0 spiro atoms. The van der Waals surface area contributed by atoms with Crippen LogP contribution in [0.5, 0.6) is 0 Å². The lowest BCUT2D eigenvalue weighted by Crippen LogP contribution is -1.96. The Bertz CT molecular complexity index is 1890. The number of hydrogen-bond donors (Lipinski definition) is 0. The molecule has 0 radical (unpaired) electrons. The summed E-state index contributed by atoms with van der Waals surface area (Å²) in [6, 6.07) is 38.2. The molecule has 0 saturated heterocycles. The maximum atomic E-state index is 4.95. The second-order valence-electron chi connectivity index (χ2n) is 8.92. The first kappa shape index (κ1) is 20.4. The van der Waals surface area contributed by atoms with E-state index < -0.39 is 0 Å². The molecule has 0 aliphatic rings. The van der Waals surface area contributed by atoms with Gasteiger partial charge in [0.05, 0.1) is 23.8 Å². The lowest BCUT2D eigenvalue weighted by Gasteiger charge is -2.11. The van der Waals surface area contributed by atoms with Gasteiger partial charge in [-0.25, -0.2) is 9.97 Å². The van der Waals surface area contributed by atoms with E-state index in [-0.39, 0.29) is 0 Å². The van der Waals surface area contributed by atoms with Crippen molar-refractivity contribution in [3.63, 3.8) is 0 Å². The second kappa shape index (κ2) is 8.36. The number of rotatable bonds is 3. The molecule has 0 aliphatic heterocycles. The molecular formula is C32H20N4. The first-order valence-electron chi connectivity index (χ1n) is 11.9. The van der Waals surface area contributed by atoms with Gasteiger partial charge >= 0.3 is 0 Å². The predicted octanol–water partition coefficient (Wildman–Crippen LogP) is 7.73. The highest BCUT2D eigenvalue weighted by atomic mass is 15.1. The van der Waals surface area contributed by atoms with Crippen molar-refractivity contribution >= 4 is 32.3 Å². The van der Waals surface area contributed by atoms with E-state index >= 15 is 0 Å². The van der Waals surface area contributed by atoms with Crippen LogP contribution in [0.25, 0.3) is 66.2 Å². The molecule has 4 heteroatoms. The van der Waals surface area contributed by atoms with Crippen LogP contribution in [0.2, 0.25) is 0 Å². The minimum atomic E-state index is 0.629. The van der Waals surface area contributed by atoms with E-state index in [1.54, 1.807) is 12.4 Å². The Morgan fingerprint density at radius 1 is 0.389 bits per heavy atom. The molecule has 0 N–H and O–H groups in total. The molecule has 0 bridgehead atoms. The Morgan fingerprint density at radius 2 is 0.944 bits per heavy atom. The van der Waals surface area contributed by atoms with Gasteiger partial charge in [0.15, 0.2) is 5.82 Å². The summed E-state index contributed by atoms with van der Waals surface area (Å²) in [4.78, 5) is 9.88. The molecule has 7 aromatic rings. The zero-order valence-electron chi connectivity index (χ0n) is 19.3. The van der Waals surface area contributed by atoms with Crippen LogP contribution in [0.15, 0.2) is 122 Å². The van der Waals surface area contributed by atoms with Gasteiger partial charge in [-0.3, -0.25) is 0 Å². The van der Waals surface area contributed by atoms with Crippen molar-refractivity contribution in [1.29, 1.82) is 0 Å². The van der Waals surface area contributed by atoms with Gasteiger partial charge in [0.2, 0.25) is 0 Å². The lowest BCUT2D eigenvalue weighted by molar-refractivity contribution is 1.02. The summed E-state index contributed by atoms with van der Waals surface area (Å²) in [5.74, 6) is 0.629. The highest BCUT2D eigenvalue weighted by molar-refractivity contribution is 5.99. The first-order chi connectivity index (χ1) is 17.8. The van der Waals surface area contributed by atoms with E-state index in [4.69, 9.17) is 9.97 Å². The van der Waals surface area contributed by atoms with Crippen LogP contribution in [0, 0.1) is 0 Å². The van der Waals surface area contributed by atoms with Gasteiger partial charge in [-0.2, -0.15) is 10.2 Å². The lowest BCUT2D eigenvalue weighted by atomic mass is 9.99. The number of hydrogen-bond acceptors (Lipinski definition) is 4. The molecule has 36 heavy (non-hydrogen) atoms. The molecule has 0 aliphatic carbocycles. The fourth-order valence-corrected chi connectivity index (χ4v) is 4.74. The number of aromatic nitrogens is 4. The van der Waals surface area contributed by atoms with Crippen LogP contribution in [0.4, 0.5) is 0 Å². The third-order valence-corrected chi connectivity index (χ3v) is 6.61. The normalized spacial score (nSPS) is 11.3. The fraction of sp³-hybridized carbons (Fsp3) is 0. The van der Waals surface area contributed by atoms with Crippen LogP contribution in [0.3, 0.4) is 0 Å². The number of fused-ring (bicyclic) bond motifs is 3. The summed E-state index contributed by atoms with van der Waals surface area (Å²) >= 11 is 0. The van der Waals surface area contributed by atoms with Gasteiger partial charge in [-0.05, 0) is 68.7 Å². The van der Waals surface area contributed by atoms with Gasteiger partial charge in [0, 0.05) is 16.7 Å². The van der Waals surface area contributed by atoms with Gasteiger partial charge in [-0.1, -0.05) is 72.8 Å². The molecule has 4 nitrogen and oxygen atoms in total. The molecule has 168 valence electrons. The van der Waals surface area contributed by atoms with Gasteiger partial charge in [0.25, 0.3) is 0 Å². The average Bonchev–Trinajstić information content (AvgIpc) is 2.95. The van der Waals surface area contributed by atoms with Crippen molar-refractivity contribution in [1.82, 2.24) is 20.2 Å². The number of benzene rings is 5. The minimum absolute atomic E-state index is 0.629. The first-order valence-corrected chi connectivity index (χ1v) is 11.9. The summed E-state index contributed by atoms with van der Waals surface area (Å²) in [5.41, 5.74) is 4.67. The SMILES string of the molecule is c1ccc2cc(-c3cc(-c4ccc5cc6ccccc6cc5c4)nc(-c4ccnnc4)n3)ccc2c1. The van der Waals surface area contributed by atoms with Crippen LogP contribution in [0.1, 0.15) is 0 Å². The predicted molar refractivity (Wildman–Crippen MR) is 146 cm³/mol. The van der Waals surface area contributed by atoms with Gasteiger partial charge in [-0.15, -0.1) is 0 Å². The summed E-state index contributed by atoms with van der Waals surface area (Å²) < 4.78 is 0. The summed E-state index contributed by atoms with van der Waals surface area (Å²) in [5, 5.41) is 15.2. The zero-order valence-corrected chi connectivity index (χ0v) is 19.3. The average molecular weight is 461 g/mol. The van der Waals surface area contributed by atoms with Crippen molar-refractivity contribution in [2.75, 3.05) is 0 Å². The van der Waals surface area contributed by atoms with E-state index in [9.17, 15) is 0 Å². The van der Waals surface area contributed by atoms with Crippen molar-refractivity contribution in [2.24, 2.45) is 0 Å². The highest BCUT2D eigenvalue weighted by Crippen LogP contribution is 2.31. The largest absolute Gasteiger partial charge is 0.228 e.